The molecule has 5 heteroatoms. The van der Waals surface area contributed by atoms with Gasteiger partial charge in [-0.05, 0) is 12.8 Å². The molecule has 4 nitrogen and oxygen atoms in total. The predicted molar refractivity (Wildman–Crippen MR) is 35.9 cm³/mol. The molecule has 0 aliphatic heterocycles. The van der Waals surface area contributed by atoms with E-state index in [0.717, 1.165) is 12.8 Å². The molecule has 0 bridgehead atoms. The first-order valence-corrected chi connectivity index (χ1v) is 3.54. The highest BCUT2D eigenvalue weighted by Crippen LogP contribution is 2.34. The average molecular weight is 157 g/mol. The van der Waals surface area contributed by atoms with Crippen LogP contribution in [0.2, 0.25) is 0 Å². The van der Waals surface area contributed by atoms with Crippen molar-refractivity contribution >= 4 is 0 Å². The maximum atomic E-state index is 12.1. The molecule has 60 valence electrons. The zero-order valence-corrected chi connectivity index (χ0v) is 5.88. The van der Waals surface area contributed by atoms with Crippen molar-refractivity contribution in [3.63, 3.8) is 0 Å². The van der Waals surface area contributed by atoms with Crippen molar-refractivity contribution < 1.29 is 4.39 Å². The first kappa shape index (κ1) is 6.57. The van der Waals surface area contributed by atoms with Crippen molar-refractivity contribution in [2.75, 3.05) is 0 Å². The van der Waals surface area contributed by atoms with Crippen molar-refractivity contribution in [2.45, 2.75) is 25.6 Å². The predicted octanol–water partition coefficient (Wildman–Crippen LogP) is 0.376. The number of aromatic amines is 1. The molecule has 0 unspecified atom stereocenters. The van der Waals surface area contributed by atoms with E-state index in [2.05, 4.69) is 10.2 Å². The van der Waals surface area contributed by atoms with Crippen LogP contribution in [-0.4, -0.2) is 14.8 Å². The van der Waals surface area contributed by atoms with Crippen molar-refractivity contribution in [2.24, 2.45) is 0 Å². The maximum Gasteiger partial charge on any atom is 0.343 e. The van der Waals surface area contributed by atoms with Crippen LogP contribution in [0.4, 0.5) is 4.39 Å². The van der Waals surface area contributed by atoms with Gasteiger partial charge in [0.2, 0.25) is 0 Å². The third-order valence-corrected chi connectivity index (χ3v) is 1.81. The lowest BCUT2D eigenvalue weighted by Gasteiger charge is -1.96. The summed E-state index contributed by atoms with van der Waals surface area (Å²) >= 11 is 0. The van der Waals surface area contributed by atoms with Gasteiger partial charge in [-0.15, -0.1) is 0 Å². The van der Waals surface area contributed by atoms with E-state index >= 15 is 0 Å². The minimum atomic E-state index is -0.671. The molecule has 0 amide bonds. The number of hydrogen-bond donors (Lipinski definition) is 1. The summed E-state index contributed by atoms with van der Waals surface area (Å²) in [6.45, 7) is -0.671. The molecule has 1 aliphatic carbocycles. The van der Waals surface area contributed by atoms with Crippen molar-refractivity contribution in [1.82, 2.24) is 14.8 Å². The quantitative estimate of drug-likeness (QED) is 0.674. The van der Waals surface area contributed by atoms with E-state index in [0.29, 0.717) is 0 Å². The summed E-state index contributed by atoms with van der Waals surface area (Å²) in [6.07, 6.45) is 1.93. The van der Waals surface area contributed by atoms with Gasteiger partial charge in [0.05, 0.1) is 0 Å². The Kier molecular flexibility index (Phi) is 1.30. The molecule has 1 aromatic rings. The summed E-state index contributed by atoms with van der Waals surface area (Å²) < 4.78 is 13.5. The molecule has 1 saturated carbocycles. The van der Waals surface area contributed by atoms with E-state index in [1.807, 2.05) is 0 Å². The molecule has 0 aromatic carbocycles. The summed E-state index contributed by atoms with van der Waals surface area (Å²) in [7, 11) is 0. The molecule has 0 atom stereocenters. The second kappa shape index (κ2) is 2.18. The highest BCUT2D eigenvalue weighted by atomic mass is 19.1. The SMILES string of the molecule is O=c1[nH]nc(CF)n1C1CC1. The first-order valence-electron chi connectivity index (χ1n) is 3.54. The lowest BCUT2D eigenvalue weighted by Crippen LogP contribution is -2.17. The van der Waals surface area contributed by atoms with Gasteiger partial charge in [-0.25, -0.2) is 14.3 Å². The molecule has 11 heavy (non-hydrogen) atoms. The zero-order chi connectivity index (χ0) is 7.84. The molecule has 0 radical (unpaired) electrons. The number of hydrogen-bond acceptors (Lipinski definition) is 2. The van der Waals surface area contributed by atoms with Crippen LogP contribution in [0.3, 0.4) is 0 Å². The van der Waals surface area contributed by atoms with Gasteiger partial charge in [-0.1, -0.05) is 0 Å². The number of nitrogens with zero attached hydrogens (tertiary/aromatic N) is 2. The molecular formula is C6H8FN3O. The molecule has 1 N–H and O–H groups in total. The van der Waals surface area contributed by atoms with E-state index in [1.54, 1.807) is 0 Å². The summed E-state index contributed by atoms with van der Waals surface area (Å²) in [6, 6.07) is 0.201. The Balaban J connectivity index is 2.46. The monoisotopic (exact) mass is 157 g/mol. The topological polar surface area (TPSA) is 50.7 Å². The Morgan fingerprint density at radius 3 is 3.00 bits per heavy atom. The summed E-state index contributed by atoms with van der Waals surface area (Å²) in [5, 5.41) is 5.77. The summed E-state index contributed by atoms with van der Waals surface area (Å²) in [4.78, 5) is 11.0. The fourth-order valence-electron chi connectivity index (χ4n) is 1.14. The molecule has 2 rings (SSSR count). The minimum Gasteiger partial charge on any atom is -0.274 e. The lowest BCUT2D eigenvalue weighted by molar-refractivity contribution is 0.444. The number of rotatable bonds is 2. The van der Waals surface area contributed by atoms with Crippen LogP contribution in [-0.2, 0) is 6.67 Å². The van der Waals surface area contributed by atoms with Gasteiger partial charge in [-0.3, -0.25) is 4.57 Å². The number of aromatic nitrogens is 3. The maximum absolute atomic E-state index is 12.1. The van der Waals surface area contributed by atoms with Crippen LogP contribution in [0.5, 0.6) is 0 Å². The first-order chi connectivity index (χ1) is 5.33. The van der Waals surface area contributed by atoms with Crippen molar-refractivity contribution in [3.05, 3.63) is 16.3 Å². The highest BCUT2D eigenvalue weighted by molar-refractivity contribution is 4.93. The van der Waals surface area contributed by atoms with E-state index in [1.165, 1.54) is 4.57 Å². The van der Waals surface area contributed by atoms with E-state index in [-0.39, 0.29) is 17.6 Å². The second-order valence-corrected chi connectivity index (χ2v) is 2.68. The van der Waals surface area contributed by atoms with E-state index < -0.39 is 6.67 Å². The van der Waals surface area contributed by atoms with Gasteiger partial charge >= 0.3 is 5.69 Å². The van der Waals surface area contributed by atoms with Crippen LogP contribution in [0.25, 0.3) is 0 Å². The van der Waals surface area contributed by atoms with Gasteiger partial charge in [0.1, 0.15) is 6.67 Å². The van der Waals surface area contributed by atoms with E-state index in [4.69, 9.17) is 0 Å². The fraction of sp³-hybridized carbons (Fsp3) is 0.667. The number of H-pyrrole nitrogens is 1. The van der Waals surface area contributed by atoms with Gasteiger partial charge in [-0.2, -0.15) is 5.10 Å². The van der Waals surface area contributed by atoms with Gasteiger partial charge in [0, 0.05) is 6.04 Å². The standard InChI is InChI=1S/C6H8FN3O/c7-3-5-8-9-6(11)10(5)4-1-2-4/h4H,1-3H2,(H,9,11). The molecule has 1 fully saturated rings. The lowest BCUT2D eigenvalue weighted by atomic mass is 10.6. The van der Waals surface area contributed by atoms with Crippen molar-refractivity contribution in [1.29, 1.82) is 0 Å². The van der Waals surface area contributed by atoms with Gasteiger partial charge in [0.15, 0.2) is 5.82 Å². The van der Waals surface area contributed by atoms with E-state index in [9.17, 15) is 9.18 Å². The summed E-state index contributed by atoms with van der Waals surface area (Å²) in [5.41, 5.74) is -0.292. The van der Waals surface area contributed by atoms with Crippen molar-refractivity contribution in [3.8, 4) is 0 Å². The smallest absolute Gasteiger partial charge is 0.274 e. The van der Waals surface area contributed by atoms with Crippen LogP contribution in [0.15, 0.2) is 4.79 Å². The third kappa shape index (κ3) is 0.961. The molecule has 1 aromatic heterocycles. The zero-order valence-electron chi connectivity index (χ0n) is 5.88. The van der Waals surface area contributed by atoms with Crippen LogP contribution >= 0.6 is 0 Å². The minimum absolute atomic E-state index is 0.201. The number of halogens is 1. The van der Waals surface area contributed by atoms with Crippen LogP contribution < -0.4 is 5.69 Å². The number of alkyl halides is 1. The Morgan fingerprint density at radius 1 is 1.73 bits per heavy atom. The highest BCUT2D eigenvalue weighted by Gasteiger charge is 2.27. The Hall–Kier alpha value is -1.13. The van der Waals surface area contributed by atoms with Crippen LogP contribution in [0.1, 0.15) is 24.7 Å². The van der Waals surface area contributed by atoms with Gasteiger partial charge in [0.25, 0.3) is 0 Å². The Morgan fingerprint density at radius 2 is 2.45 bits per heavy atom. The van der Waals surface area contributed by atoms with Gasteiger partial charge < -0.3 is 0 Å². The Labute approximate surface area is 62.0 Å². The Bertz CT molecular complexity index is 312. The molecule has 0 saturated heterocycles. The number of nitrogens with one attached hydrogen (secondary N) is 1. The largest absolute Gasteiger partial charge is 0.343 e. The second-order valence-electron chi connectivity index (χ2n) is 2.68. The molecule has 1 heterocycles. The van der Waals surface area contributed by atoms with Crippen LogP contribution in [0, 0.1) is 0 Å². The fourth-order valence-corrected chi connectivity index (χ4v) is 1.14. The molecule has 0 spiro atoms. The molecule has 1 aliphatic rings. The normalized spacial score (nSPS) is 17.2. The third-order valence-electron chi connectivity index (χ3n) is 1.81. The average Bonchev–Trinajstić information content (AvgIpc) is 2.76. The summed E-state index contributed by atoms with van der Waals surface area (Å²) in [5.74, 6) is 0.220. The molecular weight excluding hydrogens is 149 g/mol.